The van der Waals surface area contributed by atoms with Crippen LogP contribution in [0.1, 0.15) is 74.6 Å². The maximum atomic E-state index is 12.7. The van der Waals surface area contributed by atoms with Crippen molar-refractivity contribution in [3.63, 3.8) is 0 Å². The summed E-state index contributed by atoms with van der Waals surface area (Å²) in [4.78, 5) is 70.1. The zero-order valence-corrected chi connectivity index (χ0v) is 25.3. The first-order valence-electron chi connectivity index (χ1n) is 14.1. The summed E-state index contributed by atoms with van der Waals surface area (Å²) < 4.78 is 10.9. The summed E-state index contributed by atoms with van der Waals surface area (Å²) in [5, 5.41) is 19.5. The summed E-state index contributed by atoms with van der Waals surface area (Å²) in [6.07, 6.45) is 0.634. The van der Waals surface area contributed by atoms with Crippen LogP contribution in [-0.2, 0) is 28.7 Å². The van der Waals surface area contributed by atoms with E-state index in [1.807, 2.05) is 27.7 Å². The fourth-order valence-corrected chi connectivity index (χ4v) is 3.16. The lowest BCUT2D eigenvalue weighted by atomic mass is 10.1. The molecule has 0 atom stereocenters. The first-order valence-corrected chi connectivity index (χ1v) is 14.1. The Morgan fingerprint density at radius 1 is 0.738 bits per heavy atom. The Balaban J connectivity index is 0.00000821. The second kappa shape index (κ2) is 22.8. The standard InChI is InChI=1S/C27H40N4O9.C2H6/c1-18(2)23(33)6-10-39-11-7-28-22-15-20(14-21(16-22)27(38)31-17-25(35)36)26(37)30-9-13-40-12-8-29-24(34)5-4-19(3)32;1-2/h14-16,18,28H,4-13,17H2,1-3H3,(H,29,34)(H,30,37)(H,31,38)(H,35,36);1-2H3. The summed E-state index contributed by atoms with van der Waals surface area (Å²) in [6, 6.07) is 4.39. The lowest BCUT2D eigenvalue weighted by Crippen LogP contribution is -2.31. The fraction of sp³-hybridized carbons (Fsp3) is 0.586. The predicted molar refractivity (Wildman–Crippen MR) is 158 cm³/mol. The number of hydrogen-bond donors (Lipinski definition) is 5. The number of hydrogen-bond acceptors (Lipinski definition) is 9. The third-order valence-corrected chi connectivity index (χ3v) is 5.37. The summed E-state index contributed by atoms with van der Waals surface area (Å²) in [6.45, 7) is 10.3. The highest BCUT2D eigenvalue weighted by molar-refractivity contribution is 6.01. The number of ketones is 2. The minimum Gasteiger partial charge on any atom is -0.480 e. The molecule has 1 aromatic carbocycles. The normalized spacial score (nSPS) is 10.2. The number of carbonyl (C=O) groups excluding carboxylic acids is 5. The average Bonchev–Trinajstić information content (AvgIpc) is 2.96. The summed E-state index contributed by atoms with van der Waals surface area (Å²) in [7, 11) is 0. The molecule has 0 fully saturated rings. The second-order valence-corrected chi connectivity index (χ2v) is 9.21. The van der Waals surface area contributed by atoms with Gasteiger partial charge in [0.25, 0.3) is 11.8 Å². The summed E-state index contributed by atoms with van der Waals surface area (Å²) in [5.74, 6) is -2.57. The molecule has 42 heavy (non-hydrogen) atoms. The fourth-order valence-electron chi connectivity index (χ4n) is 3.16. The highest BCUT2D eigenvalue weighted by Gasteiger charge is 2.14. The third kappa shape index (κ3) is 18.5. The van der Waals surface area contributed by atoms with Crippen LogP contribution < -0.4 is 21.3 Å². The Bertz CT molecular complexity index is 1030. The van der Waals surface area contributed by atoms with Gasteiger partial charge in [0.05, 0.1) is 26.4 Å². The number of Topliss-reactive ketones (excluding diaryl/α,β-unsaturated/α-hetero) is 2. The van der Waals surface area contributed by atoms with Crippen molar-refractivity contribution >= 4 is 40.9 Å². The van der Waals surface area contributed by atoms with Crippen LogP contribution in [0.2, 0.25) is 0 Å². The number of rotatable bonds is 21. The van der Waals surface area contributed by atoms with Crippen LogP contribution in [0.5, 0.6) is 0 Å². The molecule has 0 aliphatic carbocycles. The van der Waals surface area contributed by atoms with Gasteiger partial charge >= 0.3 is 5.97 Å². The molecule has 0 aliphatic rings. The van der Waals surface area contributed by atoms with Crippen molar-refractivity contribution in [2.75, 3.05) is 57.9 Å². The van der Waals surface area contributed by atoms with E-state index < -0.39 is 24.3 Å². The van der Waals surface area contributed by atoms with Crippen LogP contribution in [0.25, 0.3) is 0 Å². The number of anilines is 1. The highest BCUT2D eigenvalue weighted by atomic mass is 16.5. The first kappa shape index (κ1) is 38.2. The first-order chi connectivity index (χ1) is 20.0. The molecule has 0 unspecified atom stereocenters. The van der Waals surface area contributed by atoms with Gasteiger partial charge in [-0.3, -0.25) is 24.0 Å². The van der Waals surface area contributed by atoms with Crippen LogP contribution in [-0.4, -0.2) is 93.0 Å². The van der Waals surface area contributed by atoms with Gasteiger partial charge in [-0.25, -0.2) is 0 Å². The SMILES string of the molecule is CC.CC(=O)CCC(=O)NCCOCCNC(=O)c1cc(NCCOCCC(=O)C(C)C)cc(C(=O)NCC(=O)O)c1. The molecule has 0 spiro atoms. The molecule has 0 aliphatic heterocycles. The number of carboxylic acids is 1. The molecule has 0 heterocycles. The van der Waals surface area contributed by atoms with E-state index in [1.54, 1.807) is 6.07 Å². The number of carbonyl (C=O) groups is 6. The van der Waals surface area contributed by atoms with E-state index in [0.29, 0.717) is 18.7 Å². The lowest BCUT2D eigenvalue weighted by Gasteiger charge is -2.13. The van der Waals surface area contributed by atoms with Gasteiger partial charge in [0.2, 0.25) is 5.91 Å². The van der Waals surface area contributed by atoms with E-state index >= 15 is 0 Å². The summed E-state index contributed by atoms with van der Waals surface area (Å²) in [5.41, 5.74) is 0.718. The van der Waals surface area contributed by atoms with Gasteiger partial charge in [-0.05, 0) is 25.1 Å². The Hall–Kier alpha value is -3.84. The number of amides is 3. The van der Waals surface area contributed by atoms with E-state index in [9.17, 15) is 28.8 Å². The van der Waals surface area contributed by atoms with Gasteiger partial charge in [-0.1, -0.05) is 27.7 Å². The van der Waals surface area contributed by atoms with Crippen molar-refractivity contribution < 1.29 is 43.3 Å². The quantitative estimate of drug-likeness (QED) is 0.131. The van der Waals surface area contributed by atoms with Crippen molar-refractivity contribution in [2.45, 2.75) is 53.9 Å². The van der Waals surface area contributed by atoms with E-state index in [0.717, 1.165) is 0 Å². The maximum absolute atomic E-state index is 12.7. The van der Waals surface area contributed by atoms with E-state index in [1.165, 1.54) is 19.1 Å². The second-order valence-electron chi connectivity index (χ2n) is 9.21. The van der Waals surface area contributed by atoms with Gasteiger partial charge in [0.1, 0.15) is 18.1 Å². The molecule has 0 aromatic heterocycles. The zero-order chi connectivity index (χ0) is 31.9. The van der Waals surface area contributed by atoms with Gasteiger partial charge in [0, 0.05) is 61.6 Å². The minimum atomic E-state index is -1.20. The molecule has 0 saturated heterocycles. The molecule has 13 heteroatoms. The van der Waals surface area contributed by atoms with Gasteiger partial charge in [-0.15, -0.1) is 0 Å². The number of carboxylic acid groups (broad SMARTS) is 1. The Morgan fingerprint density at radius 3 is 1.86 bits per heavy atom. The Labute approximate surface area is 247 Å². The molecule has 5 N–H and O–H groups in total. The van der Waals surface area contributed by atoms with Crippen LogP contribution in [0.15, 0.2) is 18.2 Å². The van der Waals surface area contributed by atoms with E-state index in [-0.39, 0.29) is 86.9 Å². The van der Waals surface area contributed by atoms with Gasteiger partial charge in [-0.2, -0.15) is 0 Å². The third-order valence-electron chi connectivity index (χ3n) is 5.37. The smallest absolute Gasteiger partial charge is 0.322 e. The monoisotopic (exact) mass is 594 g/mol. The van der Waals surface area contributed by atoms with Crippen molar-refractivity contribution in [2.24, 2.45) is 5.92 Å². The van der Waals surface area contributed by atoms with Crippen LogP contribution in [0, 0.1) is 5.92 Å². The predicted octanol–water partition coefficient (Wildman–Crippen LogP) is 1.80. The number of ether oxygens (including phenoxy) is 2. The van der Waals surface area contributed by atoms with Gasteiger partial charge in [0.15, 0.2) is 0 Å². The highest BCUT2D eigenvalue weighted by Crippen LogP contribution is 2.15. The van der Waals surface area contributed by atoms with Crippen molar-refractivity contribution in [3.8, 4) is 0 Å². The lowest BCUT2D eigenvalue weighted by molar-refractivity contribution is -0.135. The number of nitrogens with one attached hydrogen (secondary N) is 4. The molecule has 1 aromatic rings. The van der Waals surface area contributed by atoms with E-state index in [2.05, 4.69) is 21.3 Å². The molecule has 0 bridgehead atoms. The van der Waals surface area contributed by atoms with Gasteiger partial charge < -0.3 is 40.6 Å². The molecule has 3 amide bonds. The maximum Gasteiger partial charge on any atom is 0.322 e. The van der Waals surface area contributed by atoms with Crippen LogP contribution in [0.4, 0.5) is 5.69 Å². The largest absolute Gasteiger partial charge is 0.480 e. The topological polar surface area (TPSA) is 189 Å². The molecule has 0 radical (unpaired) electrons. The Kier molecular flexibility index (Phi) is 20.7. The number of benzene rings is 1. The van der Waals surface area contributed by atoms with Crippen molar-refractivity contribution in [3.05, 3.63) is 29.3 Å². The Morgan fingerprint density at radius 2 is 1.29 bits per heavy atom. The van der Waals surface area contributed by atoms with Crippen LogP contribution in [0.3, 0.4) is 0 Å². The molecule has 0 saturated carbocycles. The van der Waals surface area contributed by atoms with Crippen LogP contribution >= 0.6 is 0 Å². The molecular formula is C29H46N4O9. The molecular weight excluding hydrogens is 548 g/mol. The minimum absolute atomic E-state index is 0.0510. The summed E-state index contributed by atoms with van der Waals surface area (Å²) >= 11 is 0. The van der Waals surface area contributed by atoms with Crippen molar-refractivity contribution in [1.82, 2.24) is 16.0 Å². The average molecular weight is 595 g/mol. The molecule has 236 valence electrons. The number of aliphatic carboxylic acids is 1. The molecule has 1 rings (SSSR count). The zero-order valence-electron chi connectivity index (χ0n) is 25.3. The van der Waals surface area contributed by atoms with E-state index in [4.69, 9.17) is 14.6 Å². The van der Waals surface area contributed by atoms with Crippen molar-refractivity contribution in [1.29, 1.82) is 0 Å². The molecule has 13 nitrogen and oxygen atoms in total.